The number of benzene rings is 2. The van der Waals surface area contributed by atoms with Gasteiger partial charge < -0.3 is 5.32 Å². The maximum Gasteiger partial charge on any atom is 0.230 e. The van der Waals surface area contributed by atoms with Crippen LogP contribution in [0.5, 0.6) is 0 Å². The second-order valence-electron chi connectivity index (χ2n) is 5.69. The molecular weight excluding hydrogens is 290 g/mol. The first-order chi connectivity index (χ1) is 10.5. The largest absolute Gasteiger partial charge is 0.351 e. The number of aryl methyl sites for hydroxylation is 3. The van der Waals surface area contributed by atoms with Crippen LogP contribution >= 0.6 is 11.8 Å². The molecule has 3 heteroatoms. The minimum absolute atomic E-state index is 0.0950. The Kier molecular flexibility index (Phi) is 6.08. The Morgan fingerprint density at radius 1 is 1.05 bits per heavy atom. The Labute approximate surface area is 137 Å². The molecule has 0 bridgehead atoms. The van der Waals surface area contributed by atoms with Crippen molar-refractivity contribution in [1.82, 2.24) is 5.32 Å². The third-order valence-electron chi connectivity index (χ3n) is 3.52. The van der Waals surface area contributed by atoms with Crippen molar-refractivity contribution in [2.24, 2.45) is 0 Å². The first-order valence-corrected chi connectivity index (χ1v) is 8.66. The lowest BCUT2D eigenvalue weighted by Gasteiger charge is -2.08. The fourth-order valence-electron chi connectivity index (χ4n) is 2.47. The second kappa shape index (κ2) is 8.04. The predicted molar refractivity (Wildman–Crippen MR) is 95.1 cm³/mol. The highest BCUT2D eigenvalue weighted by atomic mass is 32.2. The Morgan fingerprint density at radius 3 is 2.41 bits per heavy atom. The molecule has 2 nitrogen and oxygen atoms in total. The van der Waals surface area contributed by atoms with Gasteiger partial charge >= 0.3 is 0 Å². The van der Waals surface area contributed by atoms with Crippen LogP contribution in [0.2, 0.25) is 0 Å². The fraction of sp³-hybridized carbons (Fsp3) is 0.316. The number of hydrogen-bond donors (Lipinski definition) is 1. The molecule has 0 radical (unpaired) electrons. The molecular formula is C19H23NOS. The van der Waals surface area contributed by atoms with Crippen LogP contribution in [0.25, 0.3) is 0 Å². The van der Waals surface area contributed by atoms with Crippen molar-refractivity contribution in [3.63, 3.8) is 0 Å². The highest BCUT2D eigenvalue weighted by Gasteiger charge is 2.04. The Balaban J connectivity index is 1.75. The molecule has 2 aromatic rings. The normalized spacial score (nSPS) is 10.5. The van der Waals surface area contributed by atoms with E-state index in [2.05, 4.69) is 56.4 Å². The topological polar surface area (TPSA) is 29.1 Å². The Morgan fingerprint density at radius 2 is 1.73 bits per heavy atom. The molecule has 0 atom stereocenters. The molecule has 0 unspecified atom stereocenters. The van der Waals surface area contributed by atoms with Gasteiger partial charge in [0.05, 0.1) is 5.75 Å². The quantitative estimate of drug-likeness (QED) is 0.867. The minimum Gasteiger partial charge on any atom is -0.351 e. The highest BCUT2D eigenvalue weighted by molar-refractivity contribution is 7.99. The fourth-order valence-corrected chi connectivity index (χ4v) is 3.26. The molecule has 0 aromatic heterocycles. The summed E-state index contributed by atoms with van der Waals surface area (Å²) in [7, 11) is 0. The lowest BCUT2D eigenvalue weighted by atomic mass is 10.1. The zero-order valence-electron chi connectivity index (χ0n) is 13.5. The molecule has 0 aliphatic carbocycles. The van der Waals surface area contributed by atoms with Gasteiger partial charge in [0.1, 0.15) is 0 Å². The van der Waals surface area contributed by atoms with Crippen LogP contribution in [-0.2, 0) is 17.1 Å². The van der Waals surface area contributed by atoms with Crippen LogP contribution in [0.15, 0.2) is 42.5 Å². The summed E-state index contributed by atoms with van der Waals surface area (Å²) >= 11 is 1.66. The number of amides is 1. The summed E-state index contributed by atoms with van der Waals surface area (Å²) < 4.78 is 0. The van der Waals surface area contributed by atoms with E-state index in [0.717, 1.165) is 5.75 Å². The van der Waals surface area contributed by atoms with Crippen LogP contribution in [0.3, 0.4) is 0 Å². The van der Waals surface area contributed by atoms with Crippen molar-refractivity contribution >= 4 is 17.7 Å². The van der Waals surface area contributed by atoms with E-state index in [0.29, 0.717) is 12.3 Å². The SMILES string of the molecule is Cc1cc(C)cc(CSCC(=O)NCc2ccccc2C)c1. The van der Waals surface area contributed by atoms with E-state index in [9.17, 15) is 4.79 Å². The van der Waals surface area contributed by atoms with E-state index in [1.54, 1.807) is 11.8 Å². The predicted octanol–water partition coefficient (Wildman–Crippen LogP) is 4.16. The van der Waals surface area contributed by atoms with Crippen LogP contribution in [0.1, 0.15) is 27.8 Å². The number of carbonyl (C=O) groups excluding carboxylic acids is 1. The summed E-state index contributed by atoms with van der Waals surface area (Å²) in [5.41, 5.74) is 6.23. The molecule has 1 amide bonds. The van der Waals surface area contributed by atoms with Gasteiger partial charge in [-0.3, -0.25) is 4.79 Å². The molecule has 2 aromatic carbocycles. The van der Waals surface area contributed by atoms with Crippen LogP contribution < -0.4 is 5.32 Å². The average Bonchev–Trinajstić information content (AvgIpc) is 2.45. The van der Waals surface area contributed by atoms with Gasteiger partial charge in [-0.15, -0.1) is 11.8 Å². The summed E-state index contributed by atoms with van der Waals surface area (Å²) in [5.74, 6) is 1.47. The summed E-state index contributed by atoms with van der Waals surface area (Å²) in [4.78, 5) is 11.9. The van der Waals surface area contributed by atoms with Gasteiger partial charge in [-0.1, -0.05) is 53.6 Å². The molecule has 22 heavy (non-hydrogen) atoms. The molecule has 0 spiro atoms. The number of hydrogen-bond acceptors (Lipinski definition) is 2. The standard InChI is InChI=1S/C19H23NOS/c1-14-8-15(2)10-17(9-14)12-22-13-19(21)20-11-18-7-5-4-6-16(18)3/h4-10H,11-13H2,1-3H3,(H,20,21). The zero-order chi connectivity index (χ0) is 15.9. The van der Waals surface area contributed by atoms with Crippen molar-refractivity contribution in [3.8, 4) is 0 Å². The number of rotatable bonds is 6. The molecule has 0 fully saturated rings. The van der Waals surface area contributed by atoms with Gasteiger partial charge in [0.15, 0.2) is 0 Å². The lowest BCUT2D eigenvalue weighted by molar-refractivity contribution is -0.118. The van der Waals surface area contributed by atoms with E-state index >= 15 is 0 Å². The molecule has 0 aliphatic rings. The summed E-state index contributed by atoms with van der Waals surface area (Å²) in [6.45, 7) is 6.89. The van der Waals surface area contributed by atoms with Crippen LogP contribution in [0, 0.1) is 20.8 Å². The van der Waals surface area contributed by atoms with E-state index in [4.69, 9.17) is 0 Å². The molecule has 116 valence electrons. The molecule has 0 saturated carbocycles. The van der Waals surface area contributed by atoms with E-state index in [-0.39, 0.29) is 5.91 Å². The summed E-state index contributed by atoms with van der Waals surface area (Å²) in [6, 6.07) is 14.7. The first-order valence-electron chi connectivity index (χ1n) is 7.51. The second-order valence-corrected chi connectivity index (χ2v) is 6.68. The third-order valence-corrected chi connectivity index (χ3v) is 4.52. The van der Waals surface area contributed by atoms with Crippen molar-refractivity contribution in [2.75, 3.05) is 5.75 Å². The molecule has 0 aliphatic heterocycles. The number of thioether (sulfide) groups is 1. The summed E-state index contributed by atoms with van der Waals surface area (Å²) in [6.07, 6.45) is 0. The smallest absolute Gasteiger partial charge is 0.230 e. The van der Waals surface area contributed by atoms with E-state index < -0.39 is 0 Å². The monoisotopic (exact) mass is 313 g/mol. The number of nitrogens with one attached hydrogen (secondary N) is 1. The van der Waals surface area contributed by atoms with Crippen molar-refractivity contribution in [1.29, 1.82) is 0 Å². The van der Waals surface area contributed by atoms with Crippen molar-refractivity contribution in [2.45, 2.75) is 33.1 Å². The maximum absolute atomic E-state index is 11.9. The molecule has 1 N–H and O–H groups in total. The highest BCUT2D eigenvalue weighted by Crippen LogP contribution is 2.15. The first kappa shape index (κ1) is 16.6. The maximum atomic E-state index is 11.9. The Bertz CT molecular complexity index is 631. The average molecular weight is 313 g/mol. The van der Waals surface area contributed by atoms with E-state index in [1.165, 1.54) is 27.8 Å². The van der Waals surface area contributed by atoms with Gasteiger partial charge in [0.2, 0.25) is 5.91 Å². The molecule has 2 rings (SSSR count). The molecule has 0 heterocycles. The lowest BCUT2D eigenvalue weighted by Crippen LogP contribution is -2.25. The Hall–Kier alpha value is -1.74. The summed E-state index contributed by atoms with van der Waals surface area (Å²) in [5, 5.41) is 2.99. The van der Waals surface area contributed by atoms with Crippen LogP contribution in [-0.4, -0.2) is 11.7 Å². The van der Waals surface area contributed by atoms with Crippen molar-refractivity contribution in [3.05, 3.63) is 70.3 Å². The van der Waals surface area contributed by atoms with Gasteiger partial charge in [-0.25, -0.2) is 0 Å². The van der Waals surface area contributed by atoms with Gasteiger partial charge in [-0.05, 0) is 37.5 Å². The minimum atomic E-state index is 0.0950. The van der Waals surface area contributed by atoms with Gasteiger partial charge in [-0.2, -0.15) is 0 Å². The van der Waals surface area contributed by atoms with Gasteiger partial charge in [0, 0.05) is 12.3 Å². The van der Waals surface area contributed by atoms with E-state index in [1.807, 2.05) is 12.1 Å². The number of carbonyl (C=O) groups is 1. The van der Waals surface area contributed by atoms with Crippen molar-refractivity contribution < 1.29 is 4.79 Å². The van der Waals surface area contributed by atoms with Gasteiger partial charge in [0.25, 0.3) is 0 Å². The van der Waals surface area contributed by atoms with Crippen LogP contribution in [0.4, 0.5) is 0 Å². The zero-order valence-corrected chi connectivity index (χ0v) is 14.3. The third kappa shape index (κ3) is 5.23. The molecule has 0 saturated heterocycles.